The van der Waals surface area contributed by atoms with Crippen molar-refractivity contribution in [2.45, 2.75) is 31.9 Å². The number of carbonyl (C=O) groups excluding carboxylic acids is 3. The van der Waals surface area contributed by atoms with E-state index in [0.29, 0.717) is 24.7 Å². The van der Waals surface area contributed by atoms with Crippen LogP contribution in [0.5, 0.6) is 0 Å². The number of amides is 3. The van der Waals surface area contributed by atoms with Gasteiger partial charge in [0.25, 0.3) is 11.8 Å². The average molecular weight is 435 g/mol. The molecule has 0 radical (unpaired) electrons. The standard InChI is InChI=1S/C19H22FN5O4S/c1-10(18(27)23-9-13-6-3-7-29-13)25(12-5-2-4-11(20)8-12)19(28)16-14(21)15(17(22)26)24-30-16/h2,4-5,8,10,13H,3,6-7,9,21H2,1H3,(H2,22,26)(H,23,27)/t10-,13-/m0/s1. The SMILES string of the molecule is C[C@@H](C(=O)NC[C@@H]1CCCO1)N(C(=O)c1snc(C(N)=O)c1N)c1cccc(F)c1. The highest BCUT2D eigenvalue weighted by Gasteiger charge is 2.32. The number of halogens is 1. The minimum Gasteiger partial charge on any atom is -0.395 e. The monoisotopic (exact) mass is 435 g/mol. The van der Waals surface area contributed by atoms with E-state index in [-0.39, 0.29) is 28.0 Å². The Kier molecular flexibility index (Phi) is 6.63. The number of nitrogens with zero attached hydrogens (tertiary/aromatic N) is 2. The van der Waals surface area contributed by atoms with E-state index in [4.69, 9.17) is 16.2 Å². The number of hydrogen-bond donors (Lipinski definition) is 3. The number of carbonyl (C=O) groups is 3. The van der Waals surface area contributed by atoms with Gasteiger partial charge in [0.05, 0.1) is 11.8 Å². The van der Waals surface area contributed by atoms with Crippen LogP contribution in [-0.4, -0.2) is 47.4 Å². The molecule has 1 aromatic carbocycles. The summed E-state index contributed by atoms with van der Waals surface area (Å²) in [5.41, 5.74) is 10.9. The number of nitrogens with one attached hydrogen (secondary N) is 1. The van der Waals surface area contributed by atoms with E-state index >= 15 is 0 Å². The summed E-state index contributed by atoms with van der Waals surface area (Å²) in [7, 11) is 0. The Morgan fingerprint density at radius 2 is 2.20 bits per heavy atom. The molecular formula is C19H22FN5O4S. The third-order valence-electron chi connectivity index (χ3n) is 4.76. The molecule has 2 atom stereocenters. The van der Waals surface area contributed by atoms with Crippen LogP contribution in [0.2, 0.25) is 0 Å². The number of primary amides is 1. The van der Waals surface area contributed by atoms with Crippen molar-refractivity contribution in [3.05, 3.63) is 40.7 Å². The summed E-state index contributed by atoms with van der Waals surface area (Å²) in [6, 6.07) is 4.28. The first-order valence-electron chi connectivity index (χ1n) is 9.33. The lowest BCUT2D eigenvalue weighted by atomic mass is 10.1. The number of rotatable bonds is 7. The second-order valence-electron chi connectivity index (χ2n) is 6.85. The second kappa shape index (κ2) is 9.18. The molecule has 0 saturated carbocycles. The quantitative estimate of drug-likeness (QED) is 0.599. The number of nitrogen functional groups attached to an aromatic ring is 1. The maximum Gasteiger partial charge on any atom is 0.272 e. The van der Waals surface area contributed by atoms with E-state index in [1.807, 2.05) is 0 Å². The lowest BCUT2D eigenvalue weighted by molar-refractivity contribution is -0.122. The first-order chi connectivity index (χ1) is 14.3. The van der Waals surface area contributed by atoms with Gasteiger partial charge >= 0.3 is 0 Å². The molecule has 160 valence electrons. The lowest BCUT2D eigenvalue weighted by Gasteiger charge is -2.28. The van der Waals surface area contributed by atoms with Gasteiger partial charge in [0.15, 0.2) is 5.69 Å². The highest BCUT2D eigenvalue weighted by atomic mass is 32.1. The van der Waals surface area contributed by atoms with Crippen molar-refractivity contribution in [1.82, 2.24) is 9.69 Å². The molecule has 1 aliphatic heterocycles. The van der Waals surface area contributed by atoms with E-state index in [2.05, 4.69) is 9.69 Å². The lowest BCUT2D eigenvalue weighted by Crippen LogP contribution is -2.49. The number of benzene rings is 1. The summed E-state index contributed by atoms with van der Waals surface area (Å²) < 4.78 is 23.2. The summed E-state index contributed by atoms with van der Waals surface area (Å²) >= 11 is 0.690. The molecule has 9 nitrogen and oxygen atoms in total. The minimum atomic E-state index is -1.00. The molecule has 3 rings (SSSR count). The Morgan fingerprint density at radius 3 is 2.80 bits per heavy atom. The van der Waals surface area contributed by atoms with E-state index in [0.717, 1.165) is 23.8 Å². The van der Waals surface area contributed by atoms with Crippen LogP contribution in [0, 0.1) is 5.82 Å². The third kappa shape index (κ3) is 4.57. The Hall–Kier alpha value is -3.05. The van der Waals surface area contributed by atoms with E-state index < -0.39 is 29.6 Å². The first kappa shape index (κ1) is 21.7. The van der Waals surface area contributed by atoms with Gasteiger partial charge in [-0.1, -0.05) is 6.07 Å². The van der Waals surface area contributed by atoms with E-state index in [1.54, 1.807) is 0 Å². The van der Waals surface area contributed by atoms with Crippen molar-refractivity contribution < 1.29 is 23.5 Å². The number of nitrogens with two attached hydrogens (primary N) is 2. The maximum absolute atomic E-state index is 13.8. The van der Waals surface area contributed by atoms with Crippen molar-refractivity contribution in [2.24, 2.45) is 5.73 Å². The highest BCUT2D eigenvalue weighted by Crippen LogP contribution is 2.28. The number of hydrogen-bond acceptors (Lipinski definition) is 7. The van der Waals surface area contributed by atoms with Gasteiger partial charge in [-0.2, -0.15) is 4.37 Å². The maximum atomic E-state index is 13.8. The van der Waals surface area contributed by atoms with Crippen LogP contribution < -0.4 is 21.7 Å². The van der Waals surface area contributed by atoms with Crippen molar-refractivity contribution in [3.63, 3.8) is 0 Å². The fourth-order valence-corrected chi connectivity index (χ4v) is 3.91. The molecule has 0 aliphatic carbocycles. The minimum absolute atomic E-state index is 0.0631. The van der Waals surface area contributed by atoms with E-state index in [1.165, 1.54) is 25.1 Å². The molecule has 3 amide bonds. The smallest absolute Gasteiger partial charge is 0.272 e. The average Bonchev–Trinajstić information content (AvgIpc) is 3.35. The first-order valence-corrected chi connectivity index (χ1v) is 10.1. The predicted octanol–water partition coefficient (Wildman–Crippen LogP) is 1.29. The van der Waals surface area contributed by atoms with Crippen LogP contribution in [0.3, 0.4) is 0 Å². The Balaban J connectivity index is 1.89. The van der Waals surface area contributed by atoms with Gasteiger partial charge in [0.2, 0.25) is 5.91 Å². The van der Waals surface area contributed by atoms with Gasteiger partial charge in [-0.15, -0.1) is 0 Å². The van der Waals surface area contributed by atoms with Crippen LogP contribution >= 0.6 is 11.5 Å². The Labute approximate surface area is 176 Å². The van der Waals surface area contributed by atoms with Gasteiger partial charge in [-0.3, -0.25) is 19.3 Å². The number of ether oxygens (including phenoxy) is 1. The Morgan fingerprint density at radius 1 is 1.43 bits per heavy atom. The third-order valence-corrected chi connectivity index (χ3v) is 5.61. The van der Waals surface area contributed by atoms with E-state index in [9.17, 15) is 18.8 Å². The normalized spacial score (nSPS) is 16.8. The molecule has 0 bridgehead atoms. The van der Waals surface area contributed by atoms with Crippen LogP contribution in [0.1, 0.15) is 39.9 Å². The zero-order chi connectivity index (χ0) is 21.8. The molecule has 1 aromatic heterocycles. The van der Waals surface area contributed by atoms with Crippen molar-refractivity contribution in [3.8, 4) is 0 Å². The predicted molar refractivity (Wildman–Crippen MR) is 110 cm³/mol. The summed E-state index contributed by atoms with van der Waals surface area (Å²) in [6.45, 7) is 2.47. The topological polar surface area (TPSA) is 141 Å². The van der Waals surface area contributed by atoms with Crippen molar-refractivity contribution in [1.29, 1.82) is 0 Å². The molecule has 1 fully saturated rings. The van der Waals surface area contributed by atoms with Crippen LogP contribution in [0.25, 0.3) is 0 Å². The molecule has 11 heteroatoms. The molecule has 5 N–H and O–H groups in total. The van der Waals surface area contributed by atoms with Crippen LogP contribution in [-0.2, 0) is 9.53 Å². The van der Waals surface area contributed by atoms with Gasteiger partial charge in [-0.05, 0) is 49.5 Å². The summed E-state index contributed by atoms with van der Waals surface area (Å²) in [6.07, 6.45) is 1.69. The van der Waals surface area contributed by atoms with Crippen LogP contribution in [0.4, 0.5) is 15.8 Å². The summed E-state index contributed by atoms with van der Waals surface area (Å²) in [5.74, 6) is -2.58. The van der Waals surface area contributed by atoms with Crippen molar-refractivity contribution in [2.75, 3.05) is 23.8 Å². The molecule has 1 aliphatic rings. The largest absolute Gasteiger partial charge is 0.395 e. The molecular weight excluding hydrogens is 413 g/mol. The van der Waals surface area contributed by atoms with Crippen LogP contribution in [0.15, 0.2) is 24.3 Å². The zero-order valence-corrected chi connectivity index (χ0v) is 17.1. The molecule has 0 unspecified atom stereocenters. The zero-order valence-electron chi connectivity index (χ0n) is 16.3. The van der Waals surface area contributed by atoms with Gasteiger partial charge in [0, 0.05) is 18.8 Å². The molecule has 0 spiro atoms. The molecule has 2 aromatic rings. The highest BCUT2D eigenvalue weighted by molar-refractivity contribution is 7.09. The summed E-state index contributed by atoms with van der Waals surface area (Å²) in [5, 5.41) is 2.76. The number of aromatic nitrogens is 1. The molecule has 30 heavy (non-hydrogen) atoms. The Bertz CT molecular complexity index is 960. The molecule has 2 heterocycles. The van der Waals surface area contributed by atoms with Crippen molar-refractivity contribution >= 4 is 40.6 Å². The second-order valence-corrected chi connectivity index (χ2v) is 7.62. The van der Waals surface area contributed by atoms with Gasteiger partial charge < -0.3 is 21.5 Å². The molecule has 1 saturated heterocycles. The van der Waals surface area contributed by atoms with Gasteiger partial charge in [0.1, 0.15) is 16.7 Å². The fourth-order valence-electron chi connectivity index (χ4n) is 3.17. The summed E-state index contributed by atoms with van der Waals surface area (Å²) in [4.78, 5) is 38.5. The van der Waals surface area contributed by atoms with Gasteiger partial charge in [-0.25, -0.2) is 4.39 Å². The fraction of sp³-hybridized carbons (Fsp3) is 0.368. The number of anilines is 2.